The van der Waals surface area contributed by atoms with E-state index < -0.39 is 5.38 Å². The fourth-order valence-electron chi connectivity index (χ4n) is 1.59. The van der Waals surface area contributed by atoms with E-state index in [0.29, 0.717) is 5.75 Å². The van der Waals surface area contributed by atoms with Gasteiger partial charge in [-0.05, 0) is 31.5 Å². The first-order valence-electron chi connectivity index (χ1n) is 5.42. The number of carbonyl (C=O) groups is 1. The average molecular weight is 256 g/mol. The van der Waals surface area contributed by atoms with Gasteiger partial charge in [0.15, 0.2) is 11.5 Å². The maximum Gasteiger partial charge on any atom is 0.238 e. The van der Waals surface area contributed by atoms with Crippen molar-refractivity contribution in [1.82, 2.24) is 5.32 Å². The maximum atomic E-state index is 11.5. The van der Waals surface area contributed by atoms with Crippen molar-refractivity contribution < 1.29 is 14.3 Å². The zero-order chi connectivity index (χ0) is 12.4. The first kappa shape index (κ1) is 12.0. The third-order valence-corrected chi connectivity index (χ3v) is 2.81. The summed E-state index contributed by atoms with van der Waals surface area (Å²) in [6.07, 6.45) is 0. The van der Waals surface area contributed by atoms with Crippen LogP contribution in [0.2, 0.25) is 0 Å². The molecule has 17 heavy (non-hydrogen) atoms. The lowest BCUT2D eigenvalue weighted by atomic mass is 10.1. The monoisotopic (exact) mass is 255 g/mol. The number of benzene rings is 1. The molecule has 4 nitrogen and oxygen atoms in total. The molecule has 1 amide bonds. The molecule has 0 aromatic heterocycles. The maximum absolute atomic E-state index is 11.5. The van der Waals surface area contributed by atoms with Crippen LogP contribution in [0.15, 0.2) is 18.2 Å². The molecule has 2 rings (SSSR count). The molecule has 0 spiro atoms. The predicted molar refractivity (Wildman–Crippen MR) is 64.4 cm³/mol. The fraction of sp³-hybridized carbons (Fsp3) is 0.417. The number of alkyl halides is 1. The van der Waals surface area contributed by atoms with E-state index in [0.717, 1.165) is 11.3 Å². The molecule has 2 atom stereocenters. The van der Waals surface area contributed by atoms with Crippen LogP contribution < -0.4 is 14.8 Å². The van der Waals surface area contributed by atoms with Crippen molar-refractivity contribution >= 4 is 17.5 Å². The van der Waals surface area contributed by atoms with Crippen LogP contribution in [0.4, 0.5) is 0 Å². The largest absolute Gasteiger partial charge is 0.454 e. The van der Waals surface area contributed by atoms with Crippen molar-refractivity contribution in [2.75, 3.05) is 6.79 Å². The Balaban J connectivity index is 2.09. The Labute approximate surface area is 105 Å². The van der Waals surface area contributed by atoms with Gasteiger partial charge in [0, 0.05) is 0 Å². The van der Waals surface area contributed by atoms with Crippen LogP contribution in [0.5, 0.6) is 11.5 Å². The molecule has 5 heteroatoms. The van der Waals surface area contributed by atoms with Gasteiger partial charge in [-0.25, -0.2) is 0 Å². The van der Waals surface area contributed by atoms with E-state index in [9.17, 15) is 4.79 Å². The molecular weight excluding hydrogens is 242 g/mol. The molecule has 1 heterocycles. The van der Waals surface area contributed by atoms with Crippen molar-refractivity contribution in [3.05, 3.63) is 23.8 Å². The minimum Gasteiger partial charge on any atom is -0.454 e. The number of amides is 1. The molecule has 2 unspecified atom stereocenters. The lowest BCUT2D eigenvalue weighted by molar-refractivity contribution is -0.121. The van der Waals surface area contributed by atoms with Crippen LogP contribution in [-0.4, -0.2) is 18.1 Å². The van der Waals surface area contributed by atoms with Gasteiger partial charge in [0.25, 0.3) is 0 Å². The molecule has 92 valence electrons. The van der Waals surface area contributed by atoms with Gasteiger partial charge < -0.3 is 14.8 Å². The number of nitrogens with one attached hydrogen (secondary N) is 1. The number of hydrogen-bond donors (Lipinski definition) is 1. The molecule has 1 aromatic rings. The third-order valence-electron chi connectivity index (χ3n) is 2.62. The van der Waals surface area contributed by atoms with Crippen molar-refractivity contribution in [2.24, 2.45) is 0 Å². The average Bonchev–Trinajstić information content (AvgIpc) is 2.75. The topological polar surface area (TPSA) is 47.6 Å². The summed E-state index contributed by atoms with van der Waals surface area (Å²) in [7, 11) is 0. The van der Waals surface area contributed by atoms with Gasteiger partial charge in [0.1, 0.15) is 5.38 Å². The zero-order valence-electron chi connectivity index (χ0n) is 9.70. The molecular formula is C12H14ClNO3. The number of halogens is 1. The molecule has 0 aliphatic carbocycles. The van der Waals surface area contributed by atoms with Gasteiger partial charge in [-0.2, -0.15) is 0 Å². The van der Waals surface area contributed by atoms with Gasteiger partial charge in [-0.3, -0.25) is 4.79 Å². The molecule has 0 radical (unpaired) electrons. The smallest absolute Gasteiger partial charge is 0.238 e. The number of carbonyl (C=O) groups excluding carboxylic acids is 1. The summed E-state index contributed by atoms with van der Waals surface area (Å²) in [6, 6.07) is 5.49. The molecule has 1 aromatic carbocycles. The van der Waals surface area contributed by atoms with Crippen LogP contribution in [0.25, 0.3) is 0 Å². The van der Waals surface area contributed by atoms with E-state index in [4.69, 9.17) is 21.1 Å². The molecule has 1 N–H and O–H groups in total. The summed E-state index contributed by atoms with van der Waals surface area (Å²) in [5, 5.41) is 2.28. The Hall–Kier alpha value is -1.42. The zero-order valence-corrected chi connectivity index (χ0v) is 10.5. The quantitative estimate of drug-likeness (QED) is 0.843. The molecule has 0 fully saturated rings. The van der Waals surface area contributed by atoms with Crippen LogP contribution in [-0.2, 0) is 4.79 Å². The van der Waals surface area contributed by atoms with Crippen molar-refractivity contribution in [3.63, 3.8) is 0 Å². The Morgan fingerprint density at radius 3 is 2.76 bits per heavy atom. The van der Waals surface area contributed by atoms with Gasteiger partial charge in [0.05, 0.1) is 6.04 Å². The van der Waals surface area contributed by atoms with Crippen molar-refractivity contribution in [3.8, 4) is 11.5 Å². The van der Waals surface area contributed by atoms with E-state index >= 15 is 0 Å². The SMILES string of the molecule is CC(Cl)C(=O)NC(C)c1ccc2c(c1)OCO2. The summed E-state index contributed by atoms with van der Waals surface area (Å²) in [5.41, 5.74) is 0.958. The number of hydrogen-bond acceptors (Lipinski definition) is 3. The van der Waals surface area contributed by atoms with E-state index in [1.54, 1.807) is 6.92 Å². The third kappa shape index (κ3) is 2.64. The molecule has 0 saturated heterocycles. The van der Waals surface area contributed by atoms with Gasteiger partial charge in [-0.15, -0.1) is 11.6 Å². The van der Waals surface area contributed by atoms with E-state index in [2.05, 4.69) is 5.32 Å². The standard InChI is InChI=1S/C12H14ClNO3/c1-7(13)12(15)14-8(2)9-3-4-10-11(5-9)17-6-16-10/h3-5,7-8H,6H2,1-2H3,(H,14,15). The van der Waals surface area contributed by atoms with Crippen LogP contribution in [0, 0.1) is 0 Å². The second-order valence-corrected chi connectivity index (χ2v) is 4.61. The highest BCUT2D eigenvalue weighted by Gasteiger charge is 2.18. The summed E-state index contributed by atoms with van der Waals surface area (Å²) in [6.45, 7) is 3.79. The summed E-state index contributed by atoms with van der Waals surface area (Å²) >= 11 is 5.70. The Morgan fingerprint density at radius 2 is 2.06 bits per heavy atom. The van der Waals surface area contributed by atoms with Crippen LogP contribution in [0.1, 0.15) is 25.5 Å². The number of rotatable bonds is 3. The molecule has 1 aliphatic heterocycles. The first-order valence-corrected chi connectivity index (χ1v) is 5.85. The highest BCUT2D eigenvalue weighted by atomic mass is 35.5. The summed E-state index contributed by atoms with van der Waals surface area (Å²) in [5.74, 6) is 1.26. The summed E-state index contributed by atoms with van der Waals surface area (Å²) in [4.78, 5) is 11.5. The predicted octanol–water partition coefficient (Wildman–Crippen LogP) is 2.22. The summed E-state index contributed by atoms with van der Waals surface area (Å²) < 4.78 is 10.5. The van der Waals surface area contributed by atoms with Crippen molar-refractivity contribution in [1.29, 1.82) is 0 Å². The number of fused-ring (bicyclic) bond motifs is 1. The van der Waals surface area contributed by atoms with Crippen LogP contribution >= 0.6 is 11.6 Å². The van der Waals surface area contributed by atoms with Crippen LogP contribution in [0.3, 0.4) is 0 Å². The minimum absolute atomic E-state index is 0.113. The Morgan fingerprint density at radius 1 is 1.35 bits per heavy atom. The molecule has 1 aliphatic rings. The van der Waals surface area contributed by atoms with Gasteiger partial charge >= 0.3 is 0 Å². The second kappa shape index (κ2) is 4.84. The highest BCUT2D eigenvalue weighted by molar-refractivity contribution is 6.30. The lowest BCUT2D eigenvalue weighted by Crippen LogP contribution is -2.31. The van der Waals surface area contributed by atoms with Crippen molar-refractivity contribution in [2.45, 2.75) is 25.3 Å². The van der Waals surface area contributed by atoms with E-state index in [-0.39, 0.29) is 18.7 Å². The Bertz CT molecular complexity index is 434. The normalized spacial score (nSPS) is 16.4. The van der Waals surface area contributed by atoms with Gasteiger partial charge in [0.2, 0.25) is 12.7 Å². The first-order chi connectivity index (χ1) is 8.08. The number of ether oxygens (including phenoxy) is 2. The molecule has 0 bridgehead atoms. The van der Waals surface area contributed by atoms with Gasteiger partial charge in [-0.1, -0.05) is 6.07 Å². The minimum atomic E-state index is -0.536. The van der Waals surface area contributed by atoms with E-state index in [1.165, 1.54) is 0 Å². The highest BCUT2D eigenvalue weighted by Crippen LogP contribution is 2.34. The fourth-order valence-corrected chi connectivity index (χ4v) is 1.66. The Kier molecular flexibility index (Phi) is 3.43. The second-order valence-electron chi connectivity index (χ2n) is 3.96. The van der Waals surface area contributed by atoms with E-state index in [1.807, 2.05) is 25.1 Å². The lowest BCUT2D eigenvalue weighted by Gasteiger charge is -2.15. The molecule has 0 saturated carbocycles.